The van der Waals surface area contributed by atoms with E-state index in [1.54, 1.807) is 24.3 Å². The van der Waals surface area contributed by atoms with Crippen molar-refractivity contribution in [1.29, 1.82) is 0 Å². The summed E-state index contributed by atoms with van der Waals surface area (Å²) < 4.78 is 4.92. The molecule has 3 heteroatoms. The summed E-state index contributed by atoms with van der Waals surface area (Å²) in [7, 11) is 1.45. The molecule has 0 aliphatic carbocycles. The number of benzene rings is 2. The van der Waals surface area contributed by atoms with E-state index in [0.717, 1.165) is 0 Å². The maximum atomic E-state index is 9.74. The van der Waals surface area contributed by atoms with Crippen LogP contribution in [0.3, 0.4) is 0 Å². The largest absolute Gasteiger partial charge is 0.507 e. The second-order valence-corrected chi connectivity index (χ2v) is 2.99. The molecular weight excluding hydrogens is 180 g/mol. The monoisotopic (exact) mass is 190 g/mol. The second kappa shape index (κ2) is 3.10. The zero-order chi connectivity index (χ0) is 10.1. The van der Waals surface area contributed by atoms with Gasteiger partial charge in [0.15, 0.2) is 11.5 Å². The summed E-state index contributed by atoms with van der Waals surface area (Å²) in [5, 5.41) is 20.6. The van der Waals surface area contributed by atoms with Crippen molar-refractivity contribution in [1.82, 2.24) is 0 Å². The van der Waals surface area contributed by atoms with Gasteiger partial charge in [0.05, 0.1) is 7.11 Å². The number of phenols is 2. The van der Waals surface area contributed by atoms with Crippen molar-refractivity contribution in [2.75, 3.05) is 7.11 Å². The molecule has 0 unspecified atom stereocenters. The van der Waals surface area contributed by atoms with Gasteiger partial charge >= 0.3 is 0 Å². The summed E-state index contributed by atoms with van der Waals surface area (Å²) in [6.45, 7) is 0. The Hall–Kier alpha value is -1.90. The molecule has 0 aliphatic rings. The van der Waals surface area contributed by atoms with Gasteiger partial charge in [-0.25, -0.2) is 0 Å². The molecule has 0 aliphatic heterocycles. The average molecular weight is 190 g/mol. The van der Waals surface area contributed by atoms with Gasteiger partial charge < -0.3 is 14.9 Å². The van der Waals surface area contributed by atoms with Crippen molar-refractivity contribution in [2.24, 2.45) is 0 Å². The van der Waals surface area contributed by atoms with Gasteiger partial charge in [-0.2, -0.15) is 0 Å². The van der Waals surface area contributed by atoms with Gasteiger partial charge in [0, 0.05) is 16.8 Å². The van der Waals surface area contributed by atoms with Crippen LogP contribution in [0.25, 0.3) is 10.8 Å². The highest BCUT2D eigenvalue weighted by molar-refractivity contribution is 5.94. The Morgan fingerprint density at radius 3 is 2.36 bits per heavy atom. The predicted molar refractivity (Wildman–Crippen MR) is 53.8 cm³/mol. The minimum absolute atomic E-state index is 0.0564. The summed E-state index contributed by atoms with van der Waals surface area (Å²) in [6.07, 6.45) is 0. The molecule has 0 heterocycles. The molecule has 72 valence electrons. The highest BCUT2D eigenvalue weighted by atomic mass is 16.5. The Labute approximate surface area is 81.2 Å². The lowest BCUT2D eigenvalue weighted by Gasteiger charge is -2.08. The van der Waals surface area contributed by atoms with E-state index >= 15 is 0 Å². The number of phenolic OH excluding ortho intramolecular Hbond substituents is 2. The molecule has 3 nitrogen and oxygen atoms in total. The van der Waals surface area contributed by atoms with Crippen LogP contribution in [0.15, 0.2) is 30.3 Å². The Morgan fingerprint density at radius 2 is 1.71 bits per heavy atom. The van der Waals surface area contributed by atoms with E-state index in [2.05, 4.69) is 0 Å². The van der Waals surface area contributed by atoms with E-state index in [1.807, 2.05) is 0 Å². The third-order valence-corrected chi connectivity index (χ3v) is 2.18. The Morgan fingerprint density at radius 1 is 1.07 bits per heavy atom. The first-order chi connectivity index (χ1) is 6.74. The van der Waals surface area contributed by atoms with E-state index in [1.165, 1.54) is 13.2 Å². The van der Waals surface area contributed by atoms with Crippen LogP contribution >= 0.6 is 0 Å². The topological polar surface area (TPSA) is 49.7 Å². The summed E-state index contributed by atoms with van der Waals surface area (Å²) in [6, 6.07) is 8.46. The van der Waals surface area contributed by atoms with Crippen LogP contribution in [0.5, 0.6) is 17.2 Å². The van der Waals surface area contributed by atoms with E-state index in [4.69, 9.17) is 4.74 Å². The molecule has 2 aromatic rings. The summed E-state index contributed by atoms with van der Waals surface area (Å²) in [4.78, 5) is 0. The molecule has 0 saturated heterocycles. The van der Waals surface area contributed by atoms with Crippen molar-refractivity contribution in [3.8, 4) is 17.2 Å². The number of hydrogen-bond acceptors (Lipinski definition) is 3. The van der Waals surface area contributed by atoms with E-state index < -0.39 is 0 Å². The van der Waals surface area contributed by atoms with Crippen LogP contribution in [0.4, 0.5) is 0 Å². The SMILES string of the molecule is COc1cc(O)c2ccccc2c1O. The molecule has 2 aromatic carbocycles. The average Bonchev–Trinajstić information content (AvgIpc) is 2.23. The Kier molecular flexibility index (Phi) is 1.93. The molecule has 2 rings (SSSR count). The molecule has 2 N–H and O–H groups in total. The molecule has 0 fully saturated rings. The fourth-order valence-corrected chi connectivity index (χ4v) is 1.47. The van der Waals surface area contributed by atoms with Crippen LogP contribution in [0, 0.1) is 0 Å². The van der Waals surface area contributed by atoms with Gasteiger partial charge in [-0.3, -0.25) is 0 Å². The zero-order valence-electron chi connectivity index (χ0n) is 7.69. The van der Waals surface area contributed by atoms with Gasteiger partial charge in [-0.05, 0) is 0 Å². The molecule has 0 radical (unpaired) electrons. The van der Waals surface area contributed by atoms with Gasteiger partial charge in [0.25, 0.3) is 0 Å². The van der Waals surface area contributed by atoms with Crippen LogP contribution in [-0.4, -0.2) is 17.3 Å². The Balaban J connectivity index is 2.87. The first kappa shape index (κ1) is 8.69. The summed E-state index contributed by atoms with van der Waals surface area (Å²) in [5.74, 6) is 0.442. The van der Waals surface area contributed by atoms with Crippen LogP contribution < -0.4 is 4.74 Å². The second-order valence-electron chi connectivity index (χ2n) is 2.99. The van der Waals surface area contributed by atoms with Crippen molar-refractivity contribution >= 4 is 10.8 Å². The predicted octanol–water partition coefficient (Wildman–Crippen LogP) is 2.26. The van der Waals surface area contributed by atoms with E-state index in [0.29, 0.717) is 10.8 Å². The van der Waals surface area contributed by atoms with Crippen molar-refractivity contribution in [3.63, 3.8) is 0 Å². The van der Waals surface area contributed by atoms with Gasteiger partial charge in [0.1, 0.15) is 5.75 Å². The normalized spacial score (nSPS) is 10.4. The first-order valence-corrected chi connectivity index (χ1v) is 4.21. The molecule has 0 spiro atoms. The minimum Gasteiger partial charge on any atom is -0.507 e. The van der Waals surface area contributed by atoms with Gasteiger partial charge in [-0.1, -0.05) is 24.3 Å². The number of hydrogen-bond donors (Lipinski definition) is 2. The van der Waals surface area contributed by atoms with Crippen molar-refractivity contribution < 1.29 is 14.9 Å². The molecule has 0 aromatic heterocycles. The maximum Gasteiger partial charge on any atom is 0.165 e. The van der Waals surface area contributed by atoms with Gasteiger partial charge in [-0.15, -0.1) is 0 Å². The zero-order valence-corrected chi connectivity index (χ0v) is 7.69. The molecule has 0 saturated carbocycles. The van der Waals surface area contributed by atoms with Crippen LogP contribution in [0.1, 0.15) is 0 Å². The number of aromatic hydroxyl groups is 2. The lowest BCUT2D eigenvalue weighted by molar-refractivity contribution is 0.372. The van der Waals surface area contributed by atoms with E-state index in [9.17, 15) is 10.2 Å². The molecule has 14 heavy (non-hydrogen) atoms. The standard InChI is InChI=1S/C11H10O3/c1-14-10-6-9(12)7-4-2-3-5-8(7)11(10)13/h2-6,12-13H,1H3. The highest BCUT2D eigenvalue weighted by Gasteiger charge is 2.09. The van der Waals surface area contributed by atoms with Crippen LogP contribution in [0.2, 0.25) is 0 Å². The number of rotatable bonds is 1. The van der Waals surface area contributed by atoms with Crippen LogP contribution in [-0.2, 0) is 0 Å². The first-order valence-electron chi connectivity index (χ1n) is 4.21. The molecule has 0 amide bonds. The smallest absolute Gasteiger partial charge is 0.165 e. The van der Waals surface area contributed by atoms with E-state index in [-0.39, 0.29) is 17.2 Å². The fourth-order valence-electron chi connectivity index (χ4n) is 1.47. The third kappa shape index (κ3) is 1.14. The van der Waals surface area contributed by atoms with Gasteiger partial charge in [0.2, 0.25) is 0 Å². The number of methoxy groups -OCH3 is 1. The maximum absolute atomic E-state index is 9.74. The highest BCUT2D eigenvalue weighted by Crippen LogP contribution is 2.39. The van der Waals surface area contributed by atoms with Crippen molar-refractivity contribution in [2.45, 2.75) is 0 Å². The fraction of sp³-hybridized carbons (Fsp3) is 0.0909. The minimum atomic E-state index is 0.0564. The molecular formula is C11H10O3. The lowest BCUT2D eigenvalue weighted by atomic mass is 10.1. The number of ether oxygens (including phenoxy) is 1. The summed E-state index contributed by atoms with van der Waals surface area (Å²) in [5.41, 5.74) is 0. The quantitative estimate of drug-likeness (QED) is 0.678. The number of fused-ring (bicyclic) bond motifs is 1. The Bertz CT molecular complexity index is 477. The molecule has 0 atom stereocenters. The lowest BCUT2D eigenvalue weighted by Crippen LogP contribution is -1.85. The summed E-state index contributed by atoms with van der Waals surface area (Å²) >= 11 is 0. The third-order valence-electron chi connectivity index (χ3n) is 2.18. The van der Waals surface area contributed by atoms with Crippen molar-refractivity contribution in [3.05, 3.63) is 30.3 Å². The molecule has 0 bridgehead atoms.